The van der Waals surface area contributed by atoms with Crippen LogP contribution < -0.4 is 10.2 Å². The molecule has 1 saturated carbocycles. The SMILES string of the molecule is CN(CCC(NC1CC1)C(=O)O)c1ccccc1F. The van der Waals surface area contributed by atoms with Crippen LogP contribution in [0.2, 0.25) is 0 Å². The molecule has 1 fully saturated rings. The van der Waals surface area contributed by atoms with Crippen molar-refractivity contribution in [2.45, 2.75) is 31.3 Å². The van der Waals surface area contributed by atoms with E-state index >= 15 is 0 Å². The average molecular weight is 266 g/mol. The van der Waals surface area contributed by atoms with Crippen molar-refractivity contribution in [3.8, 4) is 0 Å². The summed E-state index contributed by atoms with van der Waals surface area (Å²) in [6, 6.07) is 6.30. The lowest BCUT2D eigenvalue weighted by Gasteiger charge is -2.22. The molecule has 0 aliphatic heterocycles. The summed E-state index contributed by atoms with van der Waals surface area (Å²) in [5.41, 5.74) is 0.498. The van der Waals surface area contributed by atoms with Gasteiger partial charge in [-0.15, -0.1) is 0 Å². The van der Waals surface area contributed by atoms with Crippen LogP contribution >= 0.6 is 0 Å². The third-order valence-corrected chi connectivity index (χ3v) is 3.33. The predicted molar refractivity (Wildman–Crippen MR) is 71.9 cm³/mol. The van der Waals surface area contributed by atoms with Crippen LogP contribution in [-0.2, 0) is 4.79 Å². The average Bonchev–Trinajstić information content (AvgIpc) is 3.18. The van der Waals surface area contributed by atoms with E-state index in [1.807, 2.05) is 0 Å². The number of hydrogen-bond donors (Lipinski definition) is 2. The highest BCUT2D eigenvalue weighted by atomic mass is 19.1. The van der Waals surface area contributed by atoms with Gasteiger partial charge in [0, 0.05) is 19.6 Å². The highest BCUT2D eigenvalue weighted by Gasteiger charge is 2.28. The molecule has 0 radical (unpaired) electrons. The molecule has 2 N–H and O–H groups in total. The number of halogens is 1. The van der Waals surface area contributed by atoms with Gasteiger partial charge in [-0.25, -0.2) is 4.39 Å². The van der Waals surface area contributed by atoms with Gasteiger partial charge in [0.1, 0.15) is 11.9 Å². The third kappa shape index (κ3) is 3.92. The van der Waals surface area contributed by atoms with Crippen LogP contribution in [0.1, 0.15) is 19.3 Å². The zero-order valence-electron chi connectivity index (χ0n) is 11.0. The number of nitrogens with zero attached hydrogens (tertiary/aromatic N) is 1. The molecule has 104 valence electrons. The van der Waals surface area contributed by atoms with Gasteiger partial charge in [-0.1, -0.05) is 12.1 Å². The summed E-state index contributed by atoms with van der Waals surface area (Å²) in [6.45, 7) is 0.498. The fourth-order valence-electron chi connectivity index (χ4n) is 2.02. The number of hydrogen-bond acceptors (Lipinski definition) is 3. The minimum atomic E-state index is -0.839. The Labute approximate surface area is 112 Å². The normalized spacial score (nSPS) is 16.1. The number of anilines is 1. The molecular weight excluding hydrogens is 247 g/mol. The van der Waals surface area contributed by atoms with Crippen LogP contribution in [0.4, 0.5) is 10.1 Å². The van der Waals surface area contributed by atoms with Crippen molar-refractivity contribution in [1.82, 2.24) is 5.32 Å². The maximum atomic E-state index is 13.6. The molecule has 5 heteroatoms. The number of aliphatic carboxylic acids is 1. The standard InChI is InChI=1S/C14H19FN2O2/c1-17(13-5-3-2-4-11(13)15)9-8-12(14(18)19)16-10-6-7-10/h2-5,10,12,16H,6-9H2,1H3,(H,18,19). The van der Waals surface area contributed by atoms with Gasteiger partial charge in [-0.3, -0.25) is 4.79 Å². The molecule has 0 heterocycles. The van der Waals surface area contributed by atoms with Crippen molar-refractivity contribution in [3.63, 3.8) is 0 Å². The number of rotatable bonds is 7. The smallest absolute Gasteiger partial charge is 0.320 e. The van der Waals surface area contributed by atoms with Crippen molar-refractivity contribution in [1.29, 1.82) is 0 Å². The van der Waals surface area contributed by atoms with Crippen molar-refractivity contribution < 1.29 is 14.3 Å². The van der Waals surface area contributed by atoms with E-state index in [4.69, 9.17) is 5.11 Å². The highest BCUT2D eigenvalue weighted by Crippen LogP contribution is 2.21. The first-order chi connectivity index (χ1) is 9.08. The van der Waals surface area contributed by atoms with Gasteiger partial charge in [0.25, 0.3) is 0 Å². The Kier molecular flexibility index (Phi) is 4.37. The molecule has 0 bridgehead atoms. The predicted octanol–water partition coefficient (Wildman–Crippen LogP) is 1.86. The summed E-state index contributed by atoms with van der Waals surface area (Å²) in [4.78, 5) is 12.9. The van der Waals surface area contributed by atoms with Gasteiger partial charge >= 0.3 is 5.97 Å². The van der Waals surface area contributed by atoms with Crippen LogP contribution in [-0.4, -0.2) is 36.8 Å². The number of carbonyl (C=O) groups is 1. The molecule has 1 aromatic rings. The quantitative estimate of drug-likeness (QED) is 0.791. The second-order valence-corrected chi connectivity index (χ2v) is 4.99. The number of nitrogens with one attached hydrogen (secondary N) is 1. The highest BCUT2D eigenvalue weighted by molar-refractivity contribution is 5.73. The molecule has 4 nitrogen and oxygen atoms in total. The van der Waals surface area contributed by atoms with E-state index in [1.165, 1.54) is 6.07 Å². The molecule has 0 saturated heterocycles. The Balaban J connectivity index is 1.89. The van der Waals surface area contributed by atoms with Crippen LogP contribution in [0.3, 0.4) is 0 Å². The number of carboxylic acids is 1. The summed E-state index contributed by atoms with van der Waals surface area (Å²) in [5.74, 6) is -1.12. The Morgan fingerprint density at radius 2 is 2.21 bits per heavy atom. The van der Waals surface area contributed by atoms with Crippen LogP contribution in [0.5, 0.6) is 0 Å². The van der Waals surface area contributed by atoms with Gasteiger partial charge in [0.15, 0.2) is 0 Å². The molecule has 0 aromatic heterocycles. The molecule has 19 heavy (non-hydrogen) atoms. The first kappa shape index (κ1) is 13.8. The van der Waals surface area contributed by atoms with E-state index in [-0.39, 0.29) is 5.82 Å². The van der Waals surface area contributed by atoms with E-state index in [9.17, 15) is 9.18 Å². The number of carboxylic acid groups (broad SMARTS) is 1. The lowest BCUT2D eigenvalue weighted by Crippen LogP contribution is -2.40. The van der Waals surface area contributed by atoms with Crippen molar-refractivity contribution in [2.75, 3.05) is 18.5 Å². The van der Waals surface area contributed by atoms with E-state index in [2.05, 4.69) is 5.32 Å². The van der Waals surface area contributed by atoms with Crippen LogP contribution in [0, 0.1) is 5.82 Å². The van der Waals surface area contributed by atoms with Crippen molar-refractivity contribution >= 4 is 11.7 Å². The number of benzene rings is 1. The largest absolute Gasteiger partial charge is 0.480 e. The molecule has 1 unspecified atom stereocenters. The number of para-hydroxylation sites is 1. The summed E-state index contributed by atoms with van der Waals surface area (Å²) in [7, 11) is 1.77. The van der Waals surface area contributed by atoms with Crippen molar-refractivity contribution in [3.05, 3.63) is 30.1 Å². The van der Waals surface area contributed by atoms with Gasteiger partial charge < -0.3 is 15.3 Å². The Morgan fingerprint density at radius 1 is 1.53 bits per heavy atom. The third-order valence-electron chi connectivity index (χ3n) is 3.33. The van der Waals surface area contributed by atoms with E-state index in [0.29, 0.717) is 24.7 Å². The maximum absolute atomic E-state index is 13.6. The summed E-state index contributed by atoms with van der Waals surface area (Å²) >= 11 is 0. The van der Waals surface area contributed by atoms with Crippen molar-refractivity contribution in [2.24, 2.45) is 0 Å². The molecule has 1 aliphatic carbocycles. The summed E-state index contributed by atoms with van der Waals surface area (Å²) < 4.78 is 13.6. The second kappa shape index (κ2) is 6.02. The monoisotopic (exact) mass is 266 g/mol. The van der Waals surface area contributed by atoms with Gasteiger partial charge in [0.05, 0.1) is 5.69 Å². The molecule has 1 atom stereocenters. The maximum Gasteiger partial charge on any atom is 0.320 e. The lowest BCUT2D eigenvalue weighted by molar-refractivity contribution is -0.139. The Bertz CT molecular complexity index is 449. The fraction of sp³-hybridized carbons (Fsp3) is 0.500. The minimum absolute atomic E-state index is 0.285. The lowest BCUT2D eigenvalue weighted by atomic mass is 10.2. The Hall–Kier alpha value is -1.62. The topological polar surface area (TPSA) is 52.6 Å². The molecular formula is C14H19FN2O2. The zero-order chi connectivity index (χ0) is 13.8. The fourth-order valence-corrected chi connectivity index (χ4v) is 2.02. The molecule has 0 spiro atoms. The van der Waals surface area contributed by atoms with Gasteiger partial charge in [-0.05, 0) is 31.4 Å². The summed E-state index contributed by atoms with van der Waals surface area (Å²) in [5, 5.41) is 12.2. The van der Waals surface area contributed by atoms with E-state index < -0.39 is 12.0 Å². The molecule has 0 amide bonds. The van der Waals surface area contributed by atoms with E-state index in [0.717, 1.165) is 12.8 Å². The van der Waals surface area contributed by atoms with Crippen LogP contribution in [0.25, 0.3) is 0 Å². The van der Waals surface area contributed by atoms with Crippen LogP contribution in [0.15, 0.2) is 24.3 Å². The van der Waals surface area contributed by atoms with E-state index in [1.54, 1.807) is 30.1 Å². The second-order valence-electron chi connectivity index (χ2n) is 4.99. The summed E-state index contributed by atoms with van der Waals surface area (Å²) in [6.07, 6.45) is 2.55. The molecule has 1 aromatic carbocycles. The Morgan fingerprint density at radius 3 is 2.79 bits per heavy atom. The van der Waals surface area contributed by atoms with Gasteiger partial charge in [-0.2, -0.15) is 0 Å². The molecule has 2 rings (SSSR count). The van der Waals surface area contributed by atoms with Gasteiger partial charge in [0.2, 0.25) is 0 Å². The minimum Gasteiger partial charge on any atom is -0.480 e. The zero-order valence-corrected chi connectivity index (χ0v) is 11.0. The molecule has 1 aliphatic rings. The first-order valence-electron chi connectivity index (χ1n) is 6.52. The first-order valence-corrected chi connectivity index (χ1v) is 6.52.